The van der Waals surface area contributed by atoms with Crippen molar-refractivity contribution in [2.75, 3.05) is 37.8 Å². The first-order chi connectivity index (χ1) is 9.72. The van der Waals surface area contributed by atoms with Gasteiger partial charge in [-0.15, -0.1) is 0 Å². The minimum Gasteiger partial charge on any atom is -0.397 e. The molecule has 0 unspecified atom stereocenters. The van der Waals surface area contributed by atoms with Crippen molar-refractivity contribution in [3.8, 4) is 0 Å². The lowest BCUT2D eigenvalue weighted by molar-refractivity contribution is -0.117. The Hall–Kier alpha value is -2.77. The second kappa shape index (κ2) is 6.60. The van der Waals surface area contributed by atoms with E-state index in [0.717, 1.165) is 0 Å². The third-order valence-electron chi connectivity index (χ3n) is 2.71. The molecule has 8 nitrogen and oxygen atoms in total. The molecule has 0 radical (unpaired) electrons. The molecule has 1 aromatic rings. The predicted octanol–water partition coefficient (Wildman–Crippen LogP) is -1.25. The Morgan fingerprint density at radius 1 is 1.05 bits per heavy atom. The molecule has 1 rings (SSSR count). The van der Waals surface area contributed by atoms with Crippen molar-refractivity contribution in [1.29, 1.82) is 0 Å². The Morgan fingerprint density at radius 2 is 1.57 bits per heavy atom. The van der Waals surface area contributed by atoms with Gasteiger partial charge < -0.3 is 27.0 Å². The number of nitrogen functional groups attached to an aromatic ring is 1. The average molecular weight is 293 g/mol. The molecule has 0 saturated heterocycles. The van der Waals surface area contributed by atoms with Gasteiger partial charge in [-0.05, 0) is 18.2 Å². The summed E-state index contributed by atoms with van der Waals surface area (Å²) in [7, 11) is 3.25. The number of nitrogens with zero attached hydrogens (tertiary/aromatic N) is 2. The molecule has 0 saturated carbocycles. The van der Waals surface area contributed by atoms with Crippen molar-refractivity contribution in [2.24, 2.45) is 11.5 Å². The smallest absolute Gasteiger partial charge is 0.253 e. The van der Waals surface area contributed by atoms with Crippen LogP contribution in [-0.2, 0) is 9.59 Å². The minimum absolute atomic E-state index is 0.200. The normalized spacial score (nSPS) is 10.0. The van der Waals surface area contributed by atoms with Crippen molar-refractivity contribution in [2.45, 2.75) is 0 Å². The van der Waals surface area contributed by atoms with Crippen molar-refractivity contribution in [3.05, 3.63) is 23.8 Å². The number of hydrogen-bond acceptors (Lipinski definition) is 5. The van der Waals surface area contributed by atoms with E-state index in [1.165, 1.54) is 15.9 Å². The van der Waals surface area contributed by atoms with Crippen molar-refractivity contribution < 1.29 is 14.4 Å². The van der Waals surface area contributed by atoms with Crippen LogP contribution in [0.25, 0.3) is 0 Å². The van der Waals surface area contributed by atoms with E-state index in [-0.39, 0.29) is 24.7 Å². The molecule has 0 bridgehead atoms. The summed E-state index contributed by atoms with van der Waals surface area (Å²) < 4.78 is 0. The Labute approximate surface area is 122 Å². The highest BCUT2D eigenvalue weighted by atomic mass is 16.2. The first kappa shape index (κ1) is 16.3. The van der Waals surface area contributed by atoms with Gasteiger partial charge in [0.15, 0.2) is 0 Å². The second-order valence-electron chi connectivity index (χ2n) is 4.76. The van der Waals surface area contributed by atoms with Crippen molar-refractivity contribution in [3.63, 3.8) is 0 Å². The lowest BCUT2D eigenvalue weighted by atomic mass is 10.1. The zero-order chi connectivity index (χ0) is 16.2. The maximum Gasteiger partial charge on any atom is 0.253 e. The van der Waals surface area contributed by atoms with E-state index < -0.39 is 11.8 Å². The number of rotatable bonds is 6. The van der Waals surface area contributed by atoms with Crippen LogP contribution < -0.4 is 22.1 Å². The number of nitrogens with two attached hydrogens (primary N) is 3. The van der Waals surface area contributed by atoms with Crippen LogP contribution in [0.3, 0.4) is 0 Å². The number of benzene rings is 1. The van der Waals surface area contributed by atoms with E-state index in [9.17, 15) is 14.4 Å². The van der Waals surface area contributed by atoms with Crippen LogP contribution in [0.1, 0.15) is 10.4 Å². The zero-order valence-electron chi connectivity index (χ0n) is 12.0. The van der Waals surface area contributed by atoms with Gasteiger partial charge in [0.25, 0.3) is 5.91 Å². The summed E-state index contributed by atoms with van der Waals surface area (Å²) in [4.78, 5) is 36.8. The average Bonchev–Trinajstić information content (AvgIpc) is 2.35. The molecule has 21 heavy (non-hydrogen) atoms. The summed E-state index contributed by atoms with van der Waals surface area (Å²) in [5.74, 6) is -1.45. The number of amides is 3. The van der Waals surface area contributed by atoms with Gasteiger partial charge in [0, 0.05) is 19.7 Å². The second-order valence-corrected chi connectivity index (χ2v) is 4.76. The van der Waals surface area contributed by atoms with E-state index in [0.29, 0.717) is 11.3 Å². The molecule has 0 fully saturated rings. The number of carbonyl (C=O) groups excluding carboxylic acids is 3. The molecule has 0 aliphatic carbocycles. The van der Waals surface area contributed by atoms with Crippen LogP contribution in [0.2, 0.25) is 0 Å². The summed E-state index contributed by atoms with van der Waals surface area (Å²) in [6.45, 7) is -0.401. The van der Waals surface area contributed by atoms with Gasteiger partial charge in [-0.1, -0.05) is 0 Å². The topological polar surface area (TPSA) is 136 Å². The minimum atomic E-state index is -0.621. The van der Waals surface area contributed by atoms with Crippen LogP contribution in [0.5, 0.6) is 0 Å². The Kier molecular flexibility index (Phi) is 5.12. The Bertz CT molecular complexity index is 555. The predicted molar refractivity (Wildman–Crippen MR) is 79.5 cm³/mol. The first-order valence-corrected chi connectivity index (χ1v) is 6.15. The molecule has 0 aromatic heterocycles. The quantitative estimate of drug-likeness (QED) is 0.563. The van der Waals surface area contributed by atoms with Crippen LogP contribution in [0, 0.1) is 0 Å². The van der Waals surface area contributed by atoms with Gasteiger partial charge in [0.05, 0.1) is 24.5 Å². The molecule has 6 N–H and O–H groups in total. The molecule has 3 amide bonds. The highest BCUT2D eigenvalue weighted by Crippen LogP contribution is 2.24. The third kappa shape index (κ3) is 4.37. The van der Waals surface area contributed by atoms with Crippen LogP contribution in [-0.4, -0.2) is 49.8 Å². The lowest BCUT2D eigenvalue weighted by Crippen LogP contribution is -2.40. The summed E-state index contributed by atoms with van der Waals surface area (Å²) in [6, 6.07) is 4.59. The van der Waals surface area contributed by atoms with E-state index in [2.05, 4.69) is 0 Å². The highest BCUT2D eigenvalue weighted by molar-refractivity contribution is 5.96. The van der Waals surface area contributed by atoms with Crippen molar-refractivity contribution in [1.82, 2.24) is 4.90 Å². The van der Waals surface area contributed by atoms with Gasteiger partial charge in [0.2, 0.25) is 11.8 Å². The fourth-order valence-electron chi connectivity index (χ4n) is 1.84. The number of carbonyl (C=O) groups is 3. The Morgan fingerprint density at radius 3 is 1.95 bits per heavy atom. The zero-order valence-corrected chi connectivity index (χ0v) is 12.0. The molecule has 8 heteroatoms. The third-order valence-corrected chi connectivity index (χ3v) is 2.71. The molecular weight excluding hydrogens is 274 g/mol. The van der Waals surface area contributed by atoms with Gasteiger partial charge in [-0.3, -0.25) is 14.4 Å². The molecule has 0 heterocycles. The highest BCUT2D eigenvalue weighted by Gasteiger charge is 2.17. The van der Waals surface area contributed by atoms with Gasteiger partial charge in [-0.2, -0.15) is 0 Å². The molecule has 114 valence electrons. The molecule has 0 atom stereocenters. The standard InChI is InChI=1S/C13H19N5O3/c1-17(2)13(21)8-3-4-10(9(14)5-8)18(6-11(15)19)7-12(16)20/h3-5H,6-7,14H2,1-2H3,(H2,15,19)(H2,16,20). The van der Waals surface area contributed by atoms with Crippen molar-refractivity contribution >= 4 is 29.1 Å². The Balaban J connectivity index is 3.12. The molecule has 0 aliphatic heterocycles. The molecule has 0 aliphatic rings. The van der Waals surface area contributed by atoms with E-state index >= 15 is 0 Å². The fourth-order valence-corrected chi connectivity index (χ4v) is 1.84. The maximum absolute atomic E-state index is 11.8. The van der Waals surface area contributed by atoms with Crippen LogP contribution in [0.4, 0.5) is 11.4 Å². The molecule has 1 aromatic carbocycles. The monoisotopic (exact) mass is 293 g/mol. The van der Waals surface area contributed by atoms with E-state index in [1.54, 1.807) is 26.2 Å². The van der Waals surface area contributed by atoms with E-state index in [1.807, 2.05) is 0 Å². The summed E-state index contributed by atoms with van der Waals surface area (Å²) in [5.41, 5.74) is 17.3. The lowest BCUT2D eigenvalue weighted by Gasteiger charge is -2.23. The number of hydrogen-bond donors (Lipinski definition) is 3. The molecule has 0 spiro atoms. The van der Waals surface area contributed by atoms with Gasteiger partial charge in [-0.25, -0.2) is 0 Å². The van der Waals surface area contributed by atoms with Gasteiger partial charge in [0.1, 0.15) is 0 Å². The van der Waals surface area contributed by atoms with Crippen LogP contribution in [0.15, 0.2) is 18.2 Å². The van der Waals surface area contributed by atoms with Crippen LogP contribution >= 0.6 is 0 Å². The first-order valence-electron chi connectivity index (χ1n) is 6.15. The SMILES string of the molecule is CN(C)C(=O)c1ccc(N(CC(N)=O)CC(N)=O)c(N)c1. The van der Waals surface area contributed by atoms with Gasteiger partial charge >= 0.3 is 0 Å². The number of primary amides is 2. The summed E-state index contributed by atoms with van der Waals surface area (Å²) in [5, 5.41) is 0. The largest absolute Gasteiger partial charge is 0.397 e. The summed E-state index contributed by atoms with van der Waals surface area (Å²) in [6.07, 6.45) is 0. The molecular formula is C13H19N5O3. The fraction of sp³-hybridized carbons (Fsp3) is 0.308. The maximum atomic E-state index is 11.8. The summed E-state index contributed by atoms with van der Waals surface area (Å²) >= 11 is 0. The van der Waals surface area contributed by atoms with E-state index in [4.69, 9.17) is 17.2 Å². The number of anilines is 2.